The molecule has 0 saturated carbocycles. The van der Waals surface area contributed by atoms with E-state index in [0.717, 1.165) is 71.0 Å². The summed E-state index contributed by atoms with van der Waals surface area (Å²) in [6.45, 7) is 12.3. The second-order valence-corrected chi connectivity index (χ2v) is 11.0. The third-order valence-electron chi connectivity index (χ3n) is 7.33. The zero-order valence-electron chi connectivity index (χ0n) is 22.5. The molecule has 1 aliphatic rings. The number of hydrogen-bond acceptors (Lipinski definition) is 4. The van der Waals surface area contributed by atoms with Crippen LogP contribution in [0.15, 0.2) is 48.5 Å². The molecule has 0 amide bonds. The molecular formula is C31H37FN2O3. The average molecular weight is 505 g/mol. The van der Waals surface area contributed by atoms with Crippen molar-refractivity contribution in [3.8, 4) is 16.9 Å². The predicted molar refractivity (Wildman–Crippen MR) is 146 cm³/mol. The monoisotopic (exact) mass is 504 g/mol. The lowest BCUT2D eigenvalue weighted by Crippen LogP contribution is -2.38. The molecule has 1 unspecified atom stereocenters. The van der Waals surface area contributed by atoms with Crippen molar-refractivity contribution < 1.29 is 19.0 Å². The molecule has 1 aliphatic heterocycles. The van der Waals surface area contributed by atoms with Gasteiger partial charge in [0.2, 0.25) is 0 Å². The van der Waals surface area contributed by atoms with Crippen LogP contribution in [0.2, 0.25) is 0 Å². The van der Waals surface area contributed by atoms with Crippen molar-refractivity contribution in [2.24, 2.45) is 5.41 Å². The summed E-state index contributed by atoms with van der Waals surface area (Å²) in [4.78, 5) is 18.9. The maximum Gasteiger partial charge on any atom is 0.307 e. The molecule has 5 nitrogen and oxygen atoms in total. The number of aryl methyl sites for hydroxylation is 2. The van der Waals surface area contributed by atoms with E-state index in [0.29, 0.717) is 6.42 Å². The number of carboxylic acid groups (broad SMARTS) is 1. The maximum absolute atomic E-state index is 13.2. The minimum atomic E-state index is -0.850. The minimum absolute atomic E-state index is 0.0521. The highest BCUT2D eigenvalue weighted by Crippen LogP contribution is 2.41. The highest BCUT2D eigenvalue weighted by molar-refractivity contribution is 5.86. The summed E-state index contributed by atoms with van der Waals surface area (Å²) in [7, 11) is 0. The fourth-order valence-electron chi connectivity index (χ4n) is 5.19. The lowest BCUT2D eigenvalue weighted by Gasteiger charge is -2.40. The van der Waals surface area contributed by atoms with Crippen LogP contribution in [-0.4, -0.2) is 35.3 Å². The topological polar surface area (TPSA) is 62.7 Å². The molecule has 196 valence electrons. The van der Waals surface area contributed by atoms with E-state index in [1.165, 1.54) is 12.1 Å². The van der Waals surface area contributed by atoms with Crippen molar-refractivity contribution in [1.82, 2.24) is 4.98 Å². The van der Waals surface area contributed by atoms with Crippen LogP contribution in [0.3, 0.4) is 0 Å². The van der Waals surface area contributed by atoms with E-state index in [-0.39, 0.29) is 23.8 Å². The van der Waals surface area contributed by atoms with Crippen molar-refractivity contribution in [2.75, 3.05) is 18.0 Å². The van der Waals surface area contributed by atoms with E-state index in [4.69, 9.17) is 9.72 Å². The van der Waals surface area contributed by atoms with Gasteiger partial charge in [0.15, 0.2) is 0 Å². The number of nitrogens with zero attached hydrogens (tertiary/aromatic N) is 2. The molecule has 3 aromatic rings. The molecule has 1 atom stereocenters. The molecule has 1 aromatic heterocycles. The van der Waals surface area contributed by atoms with Gasteiger partial charge >= 0.3 is 5.97 Å². The van der Waals surface area contributed by atoms with Crippen molar-refractivity contribution >= 4 is 11.7 Å². The number of piperidine rings is 1. The Kier molecular flexibility index (Phi) is 7.86. The zero-order chi connectivity index (χ0) is 26.7. The second kappa shape index (κ2) is 10.9. The van der Waals surface area contributed by atoms with Crippen LogP contribution in [0.25, 0.3) is 11.1 Å². The van der Waals surface area contributed by atoms with Crippen molar-refractivity contribution in [3.63, 3.8) is 0 Å². The van der Waals surface area contributed by atoms with Gasteiger partial charge in [0, 0.05) is 42.0 Å². The highest BCUT2D eigenvalue weighted by atomic mass is 19.1. The first-order valence-corrected chi connectivity index (χ1v) is 13.0. The Labute approximate surface area is 219 Å². The minimum Gasteiger partial charge on any atom is -0.490 e. The number of anilines is 1. The van der Waals surface area contributed by atoms with Crippen LogP contribution < -0.4 is 9.64 Å². The Bertz CT molecular complexity index is 1240. The van der Waals surface area contributed by atoms with Crippen LogP contribution in [0, 0.1) is 25.1 Å². The third-order valence-corrected chi connectivity index (χ3v) is 7.33. The van der Waals surface area contributed by atoms with Gasteiger partial charge in [0.05, 0.1) is 18.2 Å². The number of benzene rings is 2. The van der Waals surface area contributed by atoms with Crippen LogP contribution in [0.4, 0.5) is 10.1 Å². The van der Waals surface area contributed by atoms with Gasteiger partial charge in [-0.1, -0.05) is 38.1 Å². The fourth-order valence-corrected chi connectivity index (χ4v) is 5.19. The first kappa shape index (κ1) is 26.6. The largest absolute Gasteiger partial charge is 0.490 e. The summed E-state index contributed by atoms with van der Waals surface area (Å²) < 4.78 is 19.3. The third kappa shape index (κ3) is 6.48. The molecule has 1 N–H and O–H groups in total. The summed E-state index contributed by atoms with van der Waals surface area (Å²) in [5.74, 6) is -0.340. The van der Waals surface area contributed by atoms with Crippen molar-refractivity contribution in [2.45, 2.75) is 66.4 Å². The number of carboxylic acids is 1. The zero-order valence-corrected chi connectivity index (χ0v) is 22.5. The number of pyridine rings is 1. The van der Waals surface area contributed by atoms with E-state index in [9.17, 15) is 14.3 Å². The number of halogens is 1. The van der Waals surface area contributed by atoms with Gasteiger partial charge in [-0.15, -0.1) is 0 Å². The first-order valence-electron chi connectivity index (χ1n) is 13.0. The summed E-state index contributed by atoms with van der Waals surface area (Å²) in [6.07, 6.45) is 2.66. The highest BCUT2D eigenvalue weighted by Gasteiger charge is 2.30. The smallest absolute Gasteiger partial charge is 0.307 e. The SMILES string of the molecule is Cc1nc(C)c(-c2ccc(OC(C)Cc3ccc(F)cc3)cc2)c(N2CCC(C)(C)CC2)c1CC(=O)O. The molecular weight excluding hydrogens is 467 g/mol. The number of ether oxygens (including phenoxy) is 1. The Balaban J connectivity index is 1.63. The van der Waals surface area contributed by atoms with Crippen LogP contribution in [0.5, 0.6) is 5.75 Å². The van der Waals surface area contributed by atoms with Gasteiger partial charge in [0.25, 0.3) is 0 Å². The lowest BCUT2D eigenvalue weighted by atomic mass is 9.82. The number of carbonyl (C=O) groups is 1. The predicted octanol–water partition coefficient (Wildman–Crippen LogP) is 6.77. The van der Waals surface area contributed by atoms with Crippen LogP contribution in [0.1, 0.15) is 56.1 Å². The normalized spacial score (nSPS) is 15.9. The molecule has 1 fully saturated rings. The number of aromatic nitrogens is 1. The Hall–Kier alpha value is -3.41. The van der Waals surface area contributed by atoms with Gasteiger partial charge in [0.1, 0.15) is 11.6 Å². The van der Waals surface area contributed by atoms with Crippen molar-refractivity contribution in [3.05, 3.63) is 76.9 Å². The van der Waals surface area contributed by atoms with Gasteiger partial charge < -0.3 is 14.7 Å². The average Bonchev–Trinajstić information content (AvgIpc) is 2.83. The van der Waals surface area contributed by atoms with E-state index >= 15 is 0 Å². The van der Waals surface area contributed by atoms with Gasteiger partial charge in [-0.3, -0.25) is 9.78 Å². The molecule has 6 heteroatoms. The molecule has 0 aliphatic carbocycles. The van der Waals surface area contributed by atoms with Gasteiger partial charge in [-0.2, -0.15) is 0 Å². The summed E-state index contributed by atoms with van der Waals surface area (Å²) >= 11 is 0. The Morgan fingerprint density at radius 2 is 1.68 bits per heavy atom. The first-order chi connectivity index (χ1) is 17.5. The second-order valence-electron chi connectivity index (χ2n) is 11.0. The fraction of sp³-hybridized carbons (Fsp3) is 0.419. The summed E-state index contributed by atoms with van der Waals surface area (Å²) in [5.41, 5.74) is 6.75. The number of rotatable bonds is 8. The van der Waals surface area contributed by atoms with Crippen molar-refractivity contribution in [1.29, 1.82) is 0 Å². The molecule has 2 aromatic carbocycles. The Morgan fingerprint density at radius 1 is 1.05 bits per heavy atom. The van der Waals surface area contributed by atoms with Gasteiger partial charge in [-0.25, -0.2) is 4.39 Å². The quantitative estimate of drug-likeness (QED) is 0.367. The Morgan fingerprint density at radius 3 is 2.27 bits per heavy atom. The summed E-state index contributed by atoms with van der Waals surface area (Å²) in [5, 5.41) is 9.69. The van der Waals surface area contributed by atoms with E-state index in [1.54, 1.807) is 12.1 Å². The van der Waals surface area contributed by atoms with E-state index < -0.39 is 5.97 Å². The summed E-state index contributed by atoms with van der Waals surface area (Å²) in [6, 6.07) is 14.5. The van der Waals surface area contributed by atoms with E-state index in [1.807, 2.05) is 45.0 Å². The van der Waals surface area contributed by atoms with Crippen LogP contribution >= 0.6 is 0 Å². The maximum atomic E-state index is 13.2. The molecule has 0 bridgehead atoms. The van der Waals surface area contributed by atoms with E-state index in [2.05, 4.69) is 18.7 Å². The molecule has 37 heavy (non-hydrogen) atoms. The number of aliphatic carboxylic acids is 1. The lowest BCUT2D eigenvalue weighted by molar-refractivity contribution is -0.136. The number of hydrogen-bond donors (Lipinski definition) is 1. The molecule has 0 spiro atoms. The molecule has 4 rings (SSSR count). The molecule has 0 radical (unpaired) electrons. The molecule has 2 heterocycles. The van der Waals surface area contributed by atoms with Crippen LogP contribution in [-0.2, 0) is 17.6 Å². The standard InChI is InChI=1S/C31H37FN2O3/c1-20(18-23-6-10-25(32)11-7-23)37-26-12-8-24(9-13-26)29-22(3)33-21(2)27(19-28(35)36)30(29)34-16-14-31(4,5)15-17-34/h6-13,20H,14-19H2,1-5H3,(H,35,36). The molecule has 1 saturated heterocycles. The van der Waals surface area contributed by atoms with Gasteiger partial charge in [-0.05, 0) is 74.4 Å².